The number of nitrogens with one attached hydrogen (secondary N) is 2. The Kier molecular flexibility index (Phi) is 4.75. The van der Waals surface area contributed by atoms with E-state index in [1.807, 2.05) is 25.1 Å². The number of carboxylic acids is 1. The second-order valence-electron chi connectivity index (χ2n) is 8.28. The summed E-state index contributed by atoms with van der Waals surface area (Å²) in [6.45, 7) is 1.80. The Hall–Kier alpha value is -4.47. The van der Waals surface area contributed by atoms with Gasteiger partial charge in [0, 0.05) is 56.2 Å². The van der Waals surface area contributed by atoms with E-state index in [-0.39, 0.29) is 5.82 Å². The highest BCUT2D eigenvalue weighted by Crippen LogP contribution is 2.41. The number of carbonyl (C=O) groups is 1. The van der Waals surface area contributed by atoms with E-state index in [0.717, 1.165) is 22.8 Å². The fraction of sp³-hybridized carbons (Fsp3) is 0.167. The third-order valence-electron chi connectivity index (χ3n) is 5.91. The molecule has 4 heterocycles. The van der Waals surface area contributed by atoms with Crippen molar-refractivity contribution in [3.05, 3.63) is 64.1 Å². The van der Waals surface area contributed by atoms with E-state index in [9.17, 15) is 19.1 Å². The molecule has 0 bridgehead atoms. The molecule has 0 saturated heterocycles. The normalized spacial score (nSPS) is 11.4. The minimum absolute atomic E-state index is 0.368. The number of aromatic amines is 1. The maximum atomic E-state index is 14.4. The number of aryl methyl sites for hydroxylation is 1. The molecule has 34 heavy (non-hydrogen) atoms. The summed E-state index contributed by atoms with van der Waals surface area (Å²) in [4.78, 5) is 38.2. The van der Waals surface area contributed by atoms with E-state index in [0.29, 0.717) is 39.1 Å². The first-order valence-corrected chi connectivity index (χ1v) is 10.5. The van der Waals surface area contributed by atoms with Crippen LogP contribution in [0.25, 0.3) is 38.7 Å². The molecule has 0 spiro atoms. The van der Waals surface area contributed by atoms with E-state index in [1.165, 1.54) is 16.5 Å². The number of H-pyrrole nitrogens is 1. The molecule has 0 radical (unpaired) electrons. The van der Waals surface area contributed by atoms with Crippen LogP contribution in [0.15, 0.2) is 41.6 Å². The number of benzene rings is 1. The van der Waals surface area contributed by atoms with Crippen LogP contribution in [0.5, 0.6) is 0 Å². The van der Waals surface area contributed by atoms with Gasteiger partial charge in [0.05, 0.1) is 22.3 Å². The first-order valence-electron chi connectivity index (χ1n) is 10.5. The van der Waals surface area contributed by atoms with Gasteiger partial charge in [-0.3, -0.25) is 9.20 Å². The topological polar surface area (TPSA) is 116 Å². The zero-order valence-electron chi connectivity index (χ0n) is 18.9. The van der Waals surface area contributed by atoms with Gasteiger partial charge in [0.2, 0.25) is 0 Å². The van der Waals surface area contributed by atoms with Crippen molar-refractivity contribution in [1.29, 1.82) is 0 Å². The van der Waals surface area contributed by atoms with E-state index >= 15 is 0 Å². The number of hydrogen-bond donors (Lipinski definition) is 3. The quantitative estimate of drug-likeness (QED) is 0.375. The molecule has 3 N–H and O–H groups in total. The van der Waals surface area contributed by atoms with Crippen molar-refractivity contribution < 1.29 is 14.3 Å². The second-order valence-corrected chi connectivity index (χ2v) is 8.28. The molecule has 5 aromatic rings. The predicted molar refractivity (Wildman–Crippen MR) is 130 cm³/mol. The number of aromatic carboxylic acids is 1. The molecule has 172 valence electrons. The van der Waals surface area contributed by atoms with Gasteiger partial charge in [-0.15, -0.1) is 0 Å². The number of hydrogen-bond acceptors (Lipinski definition) is 6. The van der Waals surface area contributed by atoms with Crippen molar-refractivity contribution in [1.82, 2.24) is 19.4 Å². The Labute approximate surface area is 192 Å². The third-order valence-corrected chi connectivity index (χ3v) is 5.91. The van der Waals surface area contributed by atoms with Crippen LogP contribution in [0, 0.1) is 12.7 Å². The van der Waals surface area contributed by atoms with Crippen molar-refractivity contribution in [3.63, 3.8) is 0 Å². The summed E-state index contributed by atoms with van der Waals surface area (Å²) >= 11 is 0. The van der Waals surface area contributed by atoms with Gasteiger partial charge in [-0.25, -0.2) is 19.2 Å². The fourth-order valence-corrected chi connectivity index (χ4v) is 4.43. The summed E-state index contributed by atoms with van der Waals surface area (Å²) in [5.41, 5.74) is 4.03. The molecule has 0 atom stereocenters. The Balaban J connectivity index is 1.89. The summed E-state index contributed by atoms with van der Waals surface area (Å²) in [5, 5.41) is 13.8. The average Bonchev–Trinajstić information content (AvgIpc) is 3.16. The van der Waals surface area contributed by atoms with Gasteiger partial charge in [-0.05, 0) is 30.7 Å². The SMILES string of the molecule is CNc1cc(F)cc2c1[nH]c1ncc(-c3cc(C)c4ncc(C(=O)O)c(=O)n4c3)c(N(C)C)c12. The lowest BCUT2D eigenvalue weighted by atomic mass is 10.0. The number of fused-ring (bicyclic) bond motifs is 4. The summed E-state index contributed by atoms with van der Waals surface area (Å²) < 4.78 is 15.7. The van der Waals surface area contributed by atoms with Crippen LogP contribution >= 0.6 is 0 Å². The molecule has 0 saturated carbocycles. The van der Waals surface area contributed by atoms with Gasteiger partial charge in [-0.1, -0.05) is 0 Å². The molecule has 0 unspecified atom stereocenters. The van der Waals surface area contributed by atoms with E-state index in [1.54, 1.807) is 26.4 Å². The maximum absolute atomic E-state index is 14.4. The molecular weight excluding hydrogens is 439 g/mol. The summed E-state index contributed by atoms with van der Waals surface area (Å²) in [7, 11) is 5.47. The van der Waals surface area contributed by atoms with Crippen LogP contribution in [-0.2, 0) is 0 Å². The Morgan fingerprint density at radius 1 is 1.21 bits per heavy atom. The number of carboxylic acid groups (broad SMARTS) is 1. The first kappa shape index (κ1) is 21.4. The number of halogens is 1. The number of aromatic nitrogens is 4. The standard InChI is InChI=1S/C24H21FN6O3/c1-11-5-12(10-31-22(11)28-9-16(23(31)32)24(33)34)15-8-27-21-18(20(15)30(3)4)14-6-13(25)7-17(26-2)19(14)29-21/h5-10,26H,1-4H3,(H,27,29)(H,33,34). The fourth-order valence-electron chi connectivity index (χ4n) is 4.43. The van der Waals surface area contributed by atoms with Crippen molar-refractivity contribution in [2.75, 3.05) is 31.4 Å². The van der Waals surface area contributed by atoms with Crippen LogP contribution in [0.1, 0.15) is 15.9 Å². The zero-order chi connectivity index (χ0) is 24.3. The maximum Gasteiger partial charge on any atom is 0.342 e. The highest BCUT2D eigenvalue weighted by atomic mass is 19.1. The minimum Gasteiger partial charge on any atom is -0.477 e. The molecule has 10 heteroatoms. The van der Waals surface area contributed by atoms with Crippen LogP contribution in [0.3, 0.4) is 0 Å². The van der Waals surface area contributed by atoms with Crippen LogP contribution in [0.4, 0.5) is 15.8 Å². The molecule has 0 amide bonds. The Morgan fingerprint density at radius 2 is 1.97 bits per heavy atom. The van der Waals surface area contributed by atoms with Crippen molar-refractivity contribution in [3.8, 4) is 11.1 Å². The molecule has 4 aromatic heterocycles. The number of pyridine rings is 2. The third kappa shape index (κ3) is 3.06. The number of rotatable bonds is 4. The molecule has 0 aliphatic heterocycles. The highest BCUT2D eigenvalue weighted by Gasteiger charge is 2.21. The van der Waals surface area contributed by atoms with Gasteiger partial charge < -0.3 is 20.3 Å². The lowest BCUT2D eigenvalue weighted by Crippen LogP contribution is -2.23. The van der Waals surface area contributed by atoms with Crippen LogP contribution in [0.2, 0.25) is 0 Å². The first-order chi connectivity index (χ1) is 16.2. The molecule has 5 rings (SSSR count). The largest absolute Gasteiger partial charge is 0.477 e. The minimum atomic E-state index is -1.34. The van der Waals surface area contributed by atoms with E-state index in [2.05, 4.69) is 20.3 Å². The van der Waals surface area contributed by atoms with Crippen molar-refractivity contribution in [2.24, 2.45) is 0 Å². The van der Waals surface area contributed by atoms with Gasteiger partial charge in [0.15, 0.2) is 0 Å². The van der Waals surface area contributed by atoms with Crippen molar-refractivity contribution in [2.45, 2.75) is 6.92 Å². The molecule has 0 aliphatic rings. The van der Waals surface area contributed by atoms with Gasteiger partial charge in [0.1, 0.15) is 22.7 Å². The second kappa shape index (κ2) is 7.55. The summed E-state index contributed by atoms with van der Waals surface area (Å²) in [6, 6.07) is 4.75. The number of nitrogens with zero attached hydrogens (tertiary/aromatic N) is 4. The van der Waals surface area contributed by atoms with Crippen molar-refractivity contribution >= 4 is 44.9 Å². The van der Waals surface area contributed by atoms with Crippen LogP contribution < -0.4 is 15.8 Å². The number of anilines is 2. The van der Waals surface area contributed by atoms with Gasteiger partial charge >= 0.3 is 5.97 Å². The molecule has 1 aromatic carbocycles. The van der Waals surface area contributed by atoms with E-state index < -0.39 is 17.1 Å². The summed E-state index contributed by atoms with van der Waals surface area (Å²) in [5.74, 6) is -1.72. The molecular formula is C24H21FN6O3. The van der Waals surface area contributed by atoms with Crippen LogP contribution in [-0.4, -0.2) is 51.6 Å². The Bertz CT molecular complexity index is 1700. The monoisotopic (exact) mass is 460 g/mol. The molecule has 0 aliphatic carbocycles. The average molecular weight is 460 g/mol. The van der Waals surface area contributed by atoms with E-state index in [4.69, 9.17) is 0 Å². The smallest absolute Gasteiger partial charge is 0.342 e. The lowest BCUT2D eigenvalue weighted by molar-refractivity contribution is 0.0694. The van der Waals surface area contributed by atoms with Gasteiger partial charge in [0.25, 0.3) is 5.56 Å². The Morgan fingerprint density at radius 3 is 2.65 bits per heavy atom. The molecule has 9 nitrogen and oxygen atoms in total. The zero-order valence-corrected chi connectivity index (χ0v) is 18.9. The molecule has 0 fully saturated rings. The highest BCUT2D eigenvalue weighted by molar-refractivity contribution is 6.17. The lowest BCUT2D eigenvalue weighted by Gasteiger charge is -2.20. The summed E-state index contributed by atoms with van der Waals surface area (Å²) in [6.07, 6.45) is 4.32. The van der Waals surface area contributed by atoms with Gasteiger partial charge in [-0.2, -0.15) is 0 Å². The predicted octanol–water partition coefficient (Wildman–Crippen LogP) is 3.64.